The average molecular weight is 324 g/mol. The number of imidazole rings is 1. The predicted octanol–water partition coefficient (Wildman–Crippen LogP) is 1.75. The third kappa shape index (κ3) is 2.92. The molecule has 2 aromatic heterocycles. The summed E-state index contributed by atoms with van der Waals surface area (Å²) in [4.78, 5) is 4.54. The number of methoxy groups -OCH3 is 1. The Bertz CT molecular complexity index is 690. The van der Waals surface area contributed by atoms with Crippen molar-refractivity contribution in [1.82, 2.24) is 14.1 Å². The maximum absolute atomic E-state index is 12.3. The number of hydrogen-bond acceptors (Lipinski definition) is 5. The van der Waals surface area contributed by atoms with Gasteiger partial charge in [-0.3, -0.25) is 4.40 Å². The van der Waals surface area contributed by atoms with Crippen LogP contribution in [0.4, 0.5) is 0 Å². The number of nitrogens with one attached hydrogen (secondary N) is 1. The largest absolute Gasteiger partial charge is 0.377 e. The minimum absolute atomic E-state index is 0.0328. The van der Waals surface area contributed by atoms with Gasteiger partial charge in [-0.25, -0.2) is 18.1 Å². The molecule has 0 saturated heterocycles. The second kappa shape index (κ2) is 5.02. The van der Waals surface area contributed by atoms with Gasteiger partial charge in [0.2, 0.25) is 0 Å². The molecule has 2 heterocycles. The van der Waals surface area contributed by atoms with E-state index >= 15 is 0 Å². The van der Waals surface area contributed by atoms with E-state index in [1.807, 2.05) is 0 Å². The summed E-state index contributed by atoms with van der Waals surface area (Å²) in [5, 5.41) is 1.67. The summed E-state index contributed by atoms with van der Waals surface area (Å²) in [6, 6.07) is 0. The van der Waals surface area contributed by atoms with Gasteiger partial charge in [-0.1, -0.05) is 11.6 Å². The molecule has 9 heteroatoms. The third-order valence-electron chi connectivity index (χ3n) is 2.67. The Kier molecular flexibility index (Phi) is 3.90. The highest BCUT2D eigenvalue weighted by atomic mass is 35.5. The third-order valence-corrected chi connectivity index (χ3v) is 5.23. The van der Waals surface area contributed by atoms with E-state index in [1.165, 1.54) is 22.8 Å². The van der Waals surface area contributed by atoms with E-state index in [1.54, 1.807) is 25.4 Å². The van der Waals surface area contributed by atoms with Crippen LogP contribution in [-0.2, 0) is 14.8 Å². The summed E-state index contributed by atoms with van der Waals surface area (Å²) in [6.45, 7) is 3.71. The first-order chi connectivity index (χ1) is 8.77. The maximum atomic E-state index is 12.3. The molecule has 0 fully saturated rings. The molecule has 2 aromatic rings. The highest BCUT2D eigenvalue weighted by Crippen LogP contribution is 2.25. The Morgan fingerprint density at radius 1 is 1.58 bits per heavy atom. The number of sulfonamides is 1. The SMILES string of the molecule is COC(C)(C)CNS(=O)(=O)c1c(Cl)nc2sccn12. The standard InChI is InChI=1S/C10H14ClN3O3S2/c1-10(2,17-3)6-12-19(15,16)8-7(11)13-9-14(8)4-5-18-9/h4-5,12H,6H2,1-3H3. The van der Waals surface area contributed by atoms with Crippen LogP contribution in [0, 0.1) is 0 Å². The molecule has 0 aliphatic rings. The molecule has 0 unspecified atom stereocenters. The Hall–Kier alpha value is -0.670. The van der Waals surface area contributed by atoms with Crippen molar-refractivity contribution < 1.29 is 13.2 Å². The molecular formula is C10H14ClN3O3S2. The maximum Gasteiger partial charge on any atom is 0.259 e. The number of halogens is 1. The van der Waals surface area contributed by atoms with E-state index in [9.17, 15) is 8.42 Å². The molecule has 0 aliphatic heterocycles. The molecule has 2 rings (SSSR count). The van der Waals surface area contributed by atoms with Crippen molar-refractivity contribution in [2.24, 2.45) is 0 Å². The second-order valence-electron chi connectivity index (χ2n) is 4.55. The average Bonchev–Trinajstić information content (AvgIpc) is 2.86. The molecular weight excluding hydrogens is 310 g/mol. The molecule has 0 spiro atoms. The molecule has 6 nitrogen and oxygen atoms in total. The van der Waals surface area contributed by atoms with Gasteiger partial charge in [-0.15, -0.1) is 11.3 Å². The van der Waals surface area contributed by atoms with Crippen LogP contribution in [0.3, 0.4) is 0 Å². The van der Waals surface area contributed by atoms with Gasteiger partial charge in [-0.05, 0) is 13.8 Å². The van der Waals surface area contributed by atoms with Gasteiger partial charge < -0.3 is 4.74 Å². The molecule has 106 valence electrons. The lowest BCUT2D eigenvalue weighted by Gasteiger charge is -2.22. The molecule has 0 bridgehead atoms. The monoisotopic (exact) mass is 323 g/mol. The molecule has 19 heavy (non-hydrogen) atoms. The number of thiazole rings is 1. The smallest absolute Gasteiger partial charge is 0.259 e. The topological polar surface area (TPSA) is 72.7 Å². The van der Waals surface area contributed by atoms with Crippen LogP contribution >= 0.6 is 22.9 Å². The summed E-state index contributed by atoms with van der Waals surface area (Å²) >= 11 is 7.22. The van der Waals surface area contributed by atoms with Crippen LogP contribution in [0.2, 0.25) is 5.15 Å². The van der Waals surface area contributed by atoms with E-state index in [0.29, 0.717) is 4.96 Å². The number of nitrogens with zero attached hydrogens (tertiary/aromatic N) is 2. The van der Waals surface area contributed by atoms with Crippen molar-refractivity contribution in [1.29, 1.82) is 0 Å². The van der Waals surface area contributed by atoms with Crippen LogP contribution in [0.15, 0.2) is 16.6 Å². The van der Waals surface area contributed by atoms with Crippen LogP contribution < -0.4 is 4.72 Å². The lowest BCUT2D eigenvalue weighted by molar-refractivity contribution is 0.0276. The van der Waals surface area contributed by atoms with E-state index in [4.69, 9.17) is 16.3 Å². The first-order valence-corrected chi connectivity index (χ1v) is 8.17. The van der Waals surface area contributed by atoms with Gasteiger partial charge >= 0.3 is 0 Å². The van der Waals surface area contributed by atoms with Crippen molar-refractivity contribution >= 4 is 37.9 Å². The summed E-state index contributed by atoms with van der Waals surface area (Å²) in [5.74, 6) is 0. The predicted molar refractivity (Wildman–Crippen MR) is 74.4 cm³/mol. The first-order valence-electron chi connectivity index (χ1n) is 5.43. The van der Waals surface area contributed by atoms with Gasteiger partial charge in [0, 0.05) is 25.2 Å². The van der Waals surface area contributed by atoms with Crippen LogP contribution in [-0.4, -0.2) is 37.1 Å². The molecule has 0 aliphatic carbocycles. The van der Waals surface area contributed by atoms with Crippen LogP contribution in [0.1, 0.15) is 13.8 Å². The minimum Gasteiger partial charge on any atom is -0.377 e. The Balaban J connectivity index is 2.34. The van der Waals surface area contributed by atoms with Crippen LogP contribution in [0.25, 0.3) is 4.96 Å². The lowest BCUT2D eigenvalue weighted by atomic mass is 10.1. The Labute approximate surface area is 120 Å². The molecule has 0 aromatic carbocycles. The van der Waals surface area contributed by atoms with Crippen molar-refractivity contribution in [2.75, 3.05) is 13.7 Å². The number of rotatable bonds is 5. The Morgan fingerprint density at radius 2 is 2.26 bits per heavy atom. The molecule has 0 radical (unpaired) electrons. The summed E-state index contributed by atoms with van der Waals surface area (Å²) in [7, 11) is -2.22. The zero-order valence-corrected chi connectivity index (χ0v) is 13.1. The van der Waals surface area contributed by atoms with Gasteiger partial charge in [0.1, 0.15) is 0 Å². The zero-order valence-electron chi connectivity index (χ0n) is 10.7. The van der Waals surface area contributed by atoms with E-state index in [2.05, 4.69) is 9.71 Å². The molecule has 1 N–H and O–H groups in total. The molecule has 0 atom stereocenters. The van der Waals surface area contributed by atoms with E-state index < -0.39 is 15.6 Å². The minimum atomic E-state index is -3.74. The fourth-order valence-electron chi connectivity index (χ4n) is 1.39. The van der Waals surface area contributed by atoms with Crippen molar-refractivity contribution in [2.45, 2.75) is 24.5 Å². The zero-order chi connectivity index (χ0) is 14.3. The molecule has 0 saturated carbocycles. The number of ether oxygens (including phenoxy) is 1. The van der Waals surface area contributed by atoms with Crippen molar-refractivity contribution in [3.8, 4) is 0 Å². The van der Waals surface area contributed by atoms with E-state index in [0.717, 1.165) is 0 Å². The summed E-state index contributed by atoms with van der Waals surface area (Å²) in [5.41, 5.74) is -0.599. The molecule has 0 amide bonds. The number of fused-ring (bicyclic) bond motifs is 1. The lowest BCUT2D eigenvalue weighted by Crippen LogP contribution is -2.40. The normalized spacial score (nSPS) is 13.3. The fraction of sp³-hybridized carbons (Fsp3) is 0.500. The number of aromatic nitrogens is 2. The summed E-state index contributed by atoms with van der Waals surface area (Å²) in [6.07, 6.45) is 1.62. The van der Waals surface area contributed by atoms with Gasteiger partial charge in [-0.2, -0.15) is 0 Å². The fourth-order valence-corrected chi connectivity index (χ4v) is 4.03. The first kappa shape index (κ1) is 14.7. The van der Waals surface area contributed by atoms with Crippen molar-refractivity contribution in [3.63, 3.8) is 0 Å². The van der Waals surface area contributed by atoms with Crippen molar-refractivity contribution in [3.05, 3.63) is 16.7 Å². The second-order valence-corrected chi connectivity index (χ2v) is 7.46. The Morgan fingerprint density at radius 3 is 2.89 bits per heavy atom. The quantitative estimate of drug-likeness (QED) is 0.910. The summed E-state index contributed by atoms with van der Waals surface area (Å²) < 4.78 is 33.7. The highest BCUT2D eigenvalue weighted by Gasteiger charge is 2.27. The van der Waals surface area contributed by atoms with Crippen LogP contribution in [0.5, 0.6) is 0 Å². The number of hydrogen-bond donors (Lipinski definition) is 1. The highest BCUT2D eigenvalue weighted by molar-refractivity contribution is 7.89. The van der Waals surface area contributed by atoms with Gasteiger partial charge in [0.25, 0.3) is 10.0 Å². The van der Waals surface area contributed by atoms with E-state index in [-0.39, 0.29) is 16.7 Å². The van der Waals surface area contributed by atoms with Gasteiger partial charge in [0.05, 0.1) is 5.60 Å². The van der Waals surface area contributed by atoms with Gasteiger partial charge in [0.15, 0.2) is 15.1 Å².